The summed E-state index contributed by atoms with van der Waals surface area (Å²) in [5.41, 5.74) is 6.92. The van der Waals surface area contributed by atoms with Crippen molar-refractivity contribution in [2.75, 3.05) is 6.61 Å². The molecule has 0 spiro atoms. The van der Waals surface area contributed by atoms with Gasteiger partial charge in [-0.1, -0.05) is 37.6 Å². The molecule has 0 bridgehead atoms. The van der Waals surface area contributed by atoms with Crippen LogP contribution in [0.25, 0.3) is 0 Å². The summed E-state index contributed by atoms with van der Waals surface area (Å²) < 4.78 is 11.8. The van der Waals surface area contributed by atoms with Gasteiger partial charge in [0.2, 0.25) is 0 Å². The van der Waals surface area contributed by atoms with E-state index in [1.165, 1.54) is 5.56 Å². The van der Waals surface area contributed by atoms with Gasteiger partial charge in [-0.05, 0) is 65.5 Å². The number of carbonyl (C=O) groups is 2. The van der Waals surface area contributed by atoms with E-state index in [9.17, 15) is 9.59 Å². The second kappa shape index (κ2) is 10.1. The van der Waals surface area contributed by atoms with Gasteiger partial charge in [-0.2, -0.15) is 0 Å². The van der Waals surface area contributed by atoms with Crippen LogP contribution in [-0.2, 0) is 9.59 Å². The van der Waals surface area contributed by atoms with E-state index in [0.29, 0.717) is 17.4 Å². The standard InChI is InChI=1S/C21H25BrN2O4/c1-13(2)16-7-10-19(18(22)11-16)27-12-20(25)23-24-21(26)15(4)28-17-8-5-14(3)6-9-17/h5-11,13,15H,12H2,1-4H3,(H,23,25)(H,24,26). The van der Waals surface area contributed by atoms with Crippen molar-refractivity contribution in [1.82, 2.24) is 10.9 Å². The third-order valence-corrected chi connectivity index (χ3v) is 4.63. The minimum atomic E-state index is -0.762. The first-order chi connectivity index (χ1) is 13.3. The van der Waals surface area contributed by atoms with E-state index >= 15 is 0 Å². The lowest BCUT2D eigenvalue weighted by Crippen LogP contribution is -2.48. The molecule has 1 atom stereocenters. The normalized spacial score (nSPS) is 11.6. The summed E-state index contributed by atoms with van der Waals surface area (Å²) in [5.74, 6) is 0.597. The second-order valence-electron chi connectivity index (χ2n) is 6.74. The Morgan fingerprint density at radius 1 is 1.04 bits per heavy atom. The van der Waals surface area contributed by atoms with Crippen molar-refractivity contribution in [2.24, 2.45) is 0 Å². The number of rotatable bonds is 7. The molecule has 2 aromatic rings. The highest BCUT2D eigenvalue weighted by molar-refractivity contribution is 9.10. The summed E-state index contributed by atoms with van der Waals surface area (Å²) in [5, 5.41) is 0. The molecule has 2 N–H and O–H groups in total. The average Bonchev–Trinajstić information content (AvgIpc) is 2.66. The fourth-order valence-electron chi connectivity index (χ4n) is 2.28. The summed E-state index contributed by atoms with van der Waals surface area (Å²) >= 11 is 3.44. The molecule has 2 aromatic carbocycles. The minimum Gasteiger partial charge on any atom is -0.483 e. The van der Waals surface area contributed by atoms with E-state index in [-0.39, 0.29) is 6.61 Å². The molecule has 7 heteroatoms. The number of hydrogen-bond donors (Lipinski definition) is 2. The van der Waals surface area contributed by atoms with Crippen LogP contribution in [-0.4, -0.2) is 24.5 Å². The molecule has 0 saturated heterocycles. The Morgan fingerprint density at radius 3 is 2.32 bits per heavy atom. The zero-order valence-corrected chi connectivity index (χ0v) is 18.0. The van der Waals surface area contributed by atoms with Gasteiger partial charge in [-0.25, -0.2) is 0 Å². The van der Waals surface area contributed by atoms with Gasteiger partial charge in [-0.15, -0.1) is 0 Å². The maximum Gasteiger partial charge on any atom is 0.279 e. The van der Waals surface area contributed by atoms with Crippen molar-refractivity contribution in [3.8, 4) is 11.5 Å². The Hall–Kier alpha value is -2.54. The number of hydrazine groups is 1. The van der Waals surface area contributed by atoms with E-state index in [1.54, 1.807) is 19.1 Å². The molecule has 0 fully saturated rings. The zero-order chi connectivity index (χ0) is 20.7. The molecule has 0 aromatic heterocycles. The Morgan fingerprint density at radius 2 is 1.71 bits per heavy atom. The largest absolute Gasteiger partial charge is 0.483 e. The van der Waals surface area contributed by atoms with E-state index in [2.05, 4.69) is 40.6 Å². The lowest BCUT2D eigenvalue weighted by Gasteiger charge is -2.15. The van der Waals surface area contributed by atoms with Crippen molar-refractivity contribution in [3.05, 3.63) is 58.1 Å². The molecular weight excluding hydrogens is 424 g/mol. The van der Waals surface area contributed by atoms with Crippen LogP contribution < -0.4 is 20.3 Å². The Balaban J connectivity index is 1.77. The van der Waals surface area contributed by atoms with Gasteiger partial charge in [0.1, 0.15) is 11.5 Å². The topological polar surface area (TPSA) is 76.7 Å². The lowest BCUT2D eigenvalue weighted by molar-refractivity contribution is -0.133. The van der Waals surface area contributed by atoms with Crippen LogP contribution in [0.3, 0.4) is 0 Å². The number of nitrogens with one attached hydrogen (secondary N) is 2. The fourth-order valence-corrected chi connectivity index (χ4v) is 2.79. The van der Waals surface area contributed by atoms with Gasteiger partial charge in [0.25, 0.3) is 11.8 Å². The molecule has 0 saturated carbocycles. The number of hydrogen-bond acceptors (Lipinski definition) is 4. The predicted molar refractivity (Wildman–Crippen MR) is 111 cm³/mol. The van der Waals surface area contributed by atoms with Gasteiger partial charge in [0.05, 0.1) is 4.47 Å². The molecule has 0 aliphatic rings. The first-order valence-corrected chi connectivity index (χ1v) is 9.80. The van der Waals surface area contributed by atoms with Crippen LogP contribution in [0.15, 0.2) is 46.9 Å². The van der Waals surface area contributed by atoms with Crippen LogP contribution in [0.5, 0.6) is 11.5 Å². The molecule has 150 valence electrons. The Bertz CT molecular complexity index is 822. The van der Waals surface area contributed by atoms with Crippen LogP contribution >= 0.6 is 15.9 Å². The highest BCUT2D eigenvalue weighted by atomic mass is 79.9. The van der Waals surface area contributed by atoms with Crippen LogP contribution in [0.1, 0.15) is 37.8 Å². The van der Waals surface area contributed by atoms with Crippen molar-refractivity contribution in [1.29, 1.82) is 0 Å². The SMILES string of the molecule is Cc1ccc(OC(C)C(=O)NNC(=O)COc2ccc(C(C)C)cc2Br)cc1. The van der Waals surface area contributed by atoms with Gasteiger partial charge in [-0.3, -0.25) is 20.4 Å². The molecular formula is C21H25BrN2O4. The van der Waals surface area contributed by atoms with Gasteiger partial charge in [0, 0.05) is 0 Å². The molecule has 0 radical (unpaired) electrons. The lowest BCUT2D eigenvalue weighted by atomic mass is 10.0. The summed E-state index contributed by atoms with van der Waals surface area (Å²) in [7, 11) is 0. The number of carbonyl (C=O) groups excluding carboxylic acids is 2. The quantitative estimate of drug-likeness (QED) is 0.630. The Labute approximate surface area is 173 Å². The molecule has 2 amide bonds. The number of halogens is 1. The maximum absolute atomic E-state index is 12.0. The monoisotopic (exact) mass is 448 g/mol. The van der Waals surface area contributed by atoms with Crippen LogP contribution in [0.2, 0.25) is 0 Å². The van der Waals surface area contributed by atoms with Crippen molar-refractivity contribution < 1.29 is 19.1 Å². The third-order valence-electron chi connectivity index (χ3n) is 4.01. The van der Waals surface area contributed by atoms with Gasteiger partial charge >= 0.3 is 0 Å². The average molecular weight is 449 g/mol. The molecule has 0 aliphatic carbocycles. The van der Waals surface area contributed by atoms with Crippen LogP contribution in [0, 0.1) is 6.92 Å². The number of aryl methyl sites for hydroxylation is 1. The fraction of sp³-hybridized carbons (Fsp3) is 0.333. The summed E-state index contributed by atoms with van der Waals surface area (Å²) in [4.78, 5) is 24.0. The van der Waals surface area contributed by atoms with Gasteiger partial charge < -0.3 is 9.47 Å². The first-order valence-electron chi connectivity index (χ1n) is 9.00. The van der Waals surface area contributed by atoms with Crippen molar-refractivity contribution in [3.63, 3.8) is 0 Å². The van der Waals surface area contributed by atoms with E-state index in [0.717, 1.165) is 10.0 Å². The van der Waals surface area contributed by atoms with Crippen molar-refractivity contribution >= 4 is 27.7 Å². The molecule has 2 rings (SSSR count). The van der Waals surface area contributed by atoms with Gasteiger partial charge in [0.15, 0.2) is 12.7 Å². The zero-order valence-electron chi connectivity index (χ0n) is 16.4. The molecule has 1 unspecified atom stereocenters. The predicted octanol–water partition coefficient (Wildman–Crippen LogP) is 3.87. The van der Waals surface area contributed by atoms with Crippen LogP contribution in [0.4, 0.5) is 0 Å². The highest BCUT2D eigenvalue weighted by Gasteiger charge is 2.16. The Kier molecular flexibility index (Phi) is 7.87. The summed E-state index contributed by atoms with van der Waals surface area (Å²) in [6.07, 6.45) is -0.762. The molecule has 0 aliphatic heterocycles. The smallest absolute Gasteiger partial charge is 0.279 e. The molecule has 6 nitrogen and oxygen atoms in total. The van der Waals surface area contributed by atoms with E-state index < -0.39 is 17.9 Å². The number of amides is 2. The number of ether oxygens (including phenoxy) is 2. The second-order valence-corrected chi connectivity index (χ2v) is 7.60. The maximum atomic E-state index is 12.0. The molecule has 0 heterocycles. The third kappa shape index (κ3) is 6.56. The summed E-state index contributed by atoms with van der Waals surface area (Å²) in [6.45, 7) is 7.54. The number of benzene rings is 2. The van der Waals surface area contributed by atoms with E-state index in [1.807, 2.05) is 37.3 Å². The summed E-state index contributed by atoms with van der Waals surface area (Å²) in [6, 6.07) is 13.1. The van der Waals surface area contributed by atoms with Crippen molar-refractivity contribution in [2.45, 2.75) is 39.7 Å². The minimum absolute atomic E-state index is 0.229. The van der Waals surface area contributed by atoms with E-state index in [4.69, 9.17) is 9.47 Å². The molecule has 28 heavy (non-hydrogen) atoms. The highest BCUT2D eigenvalue weighted by Crippen LogP contribution is 2.28. The first kappa shape index (κ1) is 21.8.